The first-order chi connectivity index (χ1) is 11.1. The molecule has 1 aliphatic rings. The predicted octanol–water partition coefficient (Wildman–Crippen LogP) is 2.92. The molecule has 120 valence electrons. The highest BCUT2D eigenvalue weighted by Gasteiger charge is 2.22. The summed E-state index contributed by atoms with van der Waals surface area (Å²) in [6.07, 6.45) is 0. The molecule has 0 aromatic heterocycles. The van der Waals surface area contributed by atoms with Crippen molar-refractivity contribution < 1.29 is 13.6 Å². The Morgan fingerprint density at radius 2 is 1.57 bits per heavy atom. The topological polar surface area (TPSA) is 23.6 Å². The first kappa shape index (κ1) is 15.6. The van der Waals surface area contributed by atoms with Gasteiger partial charge >= 0.3 is 0 Å². The fraction of sp³-hybridized carbons (Fsp3) is 0.278. The van der Waals surface area contributed by atoms with E-state index < -0.39 is 5.82 Å². The van der Waals surface area contributed by atoms with E-state index in [0.29, 0.717) is 25.2 Å². The molecular weight excluding hydrogens is 298 g/mol. The lowest BCUT2D eigenvalue weighted by Crippen LogP contribution is -2.48. The van der Waals surface area contributed by atoms with Crippen molar-refractivity contribution in [2.75, 3.05) is 26.2 Å². The highest BCUT2D eigenvalue weighted by Crippen LogP contribution is 2.13. The summed E-state index contributed by atoms with van der Waals surface area (Å²) < 4.78 is 26.4. The summed E-state index contributed by atoms with van der Waals surface area (Å²) in [5.41, 5.74) is 1.30. The molecule has 0 saturated carbocycles. The van der Waals surface area contributed by atoms with E-state index in [1.165, 1.54) is 24.3 Å². The summed E-state index contributed by atoms with van der Waals surface area (Å²) in [5, 5.41) is 0. The van der Waals surface area contributed by atoms with Gasteiger partial charge in [-0.25, -0.2) is 8.78 Å². The molecule has 5 heteroatoms. The SMILES string of the molecule is O=C(c1cccc(F)c1)N1CCN(Cc2cccc(F)c2)CC1. The van der Waals surface area contributed by atoms with Crippen molar-refractivity contribution in [1.82, 2.24) is 9.80 Å². The van der Waals surface area contributed by atoms with E-state index in [9.17, 15) is 13.6 Å². The van der Waals surface area contributed by atoms with Crippen LogP contribution in [0.5, 0.6) is 0 Å². The zero-order valence-corrected chi connectivity index (χ0v) is 12.7. The number of benzene rings is 2. The Labute approximate surface area is 134 Å². The molecule has 0 N–H and O–H groups in total. The zero-order chi connectivity index (χ0) is 16.2. The van der Waals surface area contributed by atoms with E-state index >= 15 is 0 Å². The summed E-state index contributed by atoms with van der Waals surface area (Å²) in [5.74, 6) is -0.780. The average Bonchev–Trinajstić information content (AvgIpc) is 2.55. The lowest BCUT2D eigenvalue weighted by atomic mass is 10.1. The molecule has 0 spiro atoms. The van der Waals surface area contributed by atoms with Crippen LogP contribution >= 0.6 is 0 Å². The van der Waals surface area contributed by atoms with Crippen molar-refractivity contribution >= 4 is 5.91 Å². The minimum Gasteiger partial charge on any atom is -0.336 e. The zero-order valence-electron chi connectivity index (χ0n) is 12.7. The lowest BCUT2D eigenvalue weighted by Gasteiger charge is -2.34. The molecule has 0 aliphatic carbocycles. The summed E-state index contributed by atoms with van der Waals surface area (Å²) in [4.78, 5) is 16.3. The van der Waals surface area contributed by atoms with E-state index in [1.54, 1.807) is 23.1 Å². The molecule has 1 amide bonds. The molecule has 0 radical (unpaired) electrons. The molecule has 3 nitrogen and oxygen atoms in total. The smallest absolute Gasteiger partial charge is 0.254 e. The maximum absolute atomic E-state index is 13.2. The van der Waals surface area contributed by atoms with E-state index in [2.05, 4.69) is 4.90 Å². The molecule has 23 heavy (non-hydrogen) atoms. The third kappa shape index (κ3) is 3.93. The second-order valence-electron chi connectivity index (χ2n) is 5.71. The highest BCUT2D eigenvalue weighted by molar-refractivity contribution is 5.94. The molecule has 1 aliphatic heterocycles. The van der Waals surface area contributed by atoms with Crippen LogP contribution < -0.4 is 0 Å². The first-order valence-electron chi connectivity index (χ1n) is 7.63. The second-order valence-corrected chi connectivity index (χ2v) is 5.71. The number of carbonyl (C=O) groups is 1. The maximum Gasteiger partial charge on any atom is 0.254 e. The van der Waals surface area contributed by atoms with Gasteiger partial charge in [-0.15, -0.1) is 0 Å². The van der Waals surface area contributed by atoms with E-state index in [1.807, 2.05) is 6.07 Å². The van der Waals surface area contributed by atoms with Crippen LogP contribution in [0.15, 0.2) is 48.5 Å². The molecule has 0 atom stereocenters. The second kappa shape index (κ2) is 6.87. The number of piperazine rings is 1. The Morgan fingerprint density at radius 3 is 2.22 bits per heavy atom. The number of rotatable bonds is 3. The van der Waals surface area contributed by atoms with Gasteiger partial charge in [0.1, 0.15) is 11.6 Å². The van der Waals surface area contributed by atoms with Crippen LogP contribution in [0.2, 0.25) is 0 Å². The third-order valence-corrected chi connectivity index (χ3v) is 4.03. The Morgan fingerprint density at radius 1 is 0.913 bits per heavy atom. The number of hydrogen-bond acceptors (Lipinski definition) is 2. The van der Waals surface area contributed by atoms with Crippen molar-refractivity contribution in [3.8, 4) is 0 Å². The largest absolute Gasteiger partial charge is 0.336 e. The summed E-state index contributed by atoms with van der Waals surface area (Å²) in [7, 11) is 0. The maximum atomic E-state index is 13.2. The van der Waals surface area contributed by atoms with Crippen LogP contribution in [0.3, 0.4) is 0 Å². The molecule has 2 aromatic carbocycles. The summed E-state index contributed by atoms with van der Waals surface area (Å²) in [6, 6.07) is 12.3. The highest BCUT2D eigenvalue weighted by atomic mass is 19.1. The van der Waals surface area contributed by atoms with Gasteiger partial charge < -0.3 is 4.90 Å². The molecule has 1 fully saturated rings. The summed E-state index contributed by atoms with van der Waals surface area (Å²) >= 11 is 0. The van der Waals surface area contributed by atoms with E-state index in [-0.39, 0.29) is 11.7 Å². The van der Waals surface area contributed by atoms with Crippen molar-refractivity contribution in [2.45, 2.75) is 6.54 Å². The lowest BCUT2D eigenvalue weighted by molar-refractivity contribution is 0.0628. The molecule has 3 rings (SSSR count). The first-order valence-corrected chi connectivity index (χ1v) is 7.63. The Hall–Kier alpha value is -2.27. The standard InChI is InChI=1S/C18H18F2N2O/c19-16-5-1-3-14(11-16)13-21-7-9-22(10-8-21)18(23)15-4-2-6-17(20)12-15/h1-6,11-12H,7-10,13H2. The van der Waals surface area contributed by atoms with Crippen LogP contribution in [0.1, 0.15) is 15.9 Å². The Bertz CT molecular complexity index is 697. The van der Waals surface area contributed by atoms with Crippen molar-refractivity contribution in [3.63, 3.8) is 0 Å². The number of nitrogens with zero attached hydrogens (tertiary/aromatic N) is 2. The fourth-order valence-electron chi connectivity index (χ4n) is 2.81. The van der Waals surface area contributed by atoms with Crippen LogP contribution in [0, 0.1) is 11.6 Å². The van der Waals surface area contributed by atoms with E-state index in [0.717, 1.165) is 18.7 Å². The van der Waals surface area contributed by atoms with Crippen LogP contribution in [-0.4, -0.2) is 41.9 Å². The van der Waals surface area contributed by atoms with Crippen LogP contribution in [0.25, 0.3) is 0 Å². The van der Waals surface area contributed by atoms with Crippen molar-refractivity contribution in [2.24, 2.45) is 0 Å². The van der Waals surface area contributed by atoms with Gasteiger partial charge in [-0.1, -0.05) is 18.2 Å². The molecular formula is C18H18F2N2O. The molecule has 0 bridgehead atoms. The number of hydrogen-bond donors (Lipinski definition) is 0. The van der Waals surface area contributed by atoms with Gasteiger partial charge in [0.15, 0.2) is 0 Å². The van der Waals surface area contributed by atoms with Crippen molar-refractivity contribution in [3.05, 3.63) is 71.3 Å². The van der Waals surface area contributed by atoms with Gasteiger partial charge in [-0.05, 0) is 35.9 Å². The predicted molar refractivity (Wildman–Crippen MR) is 84.0 cm³/mol. The van der Waals surface area contributed by atoms with Gasteiger partial charge in [0.05, 0.1) is 0 Å². The molecule has 1 heterocycles. The van der Waals surface area contributed by atoms with Crippen molar-refractivity contribution in [1.29, 1.82) is 0 Å². The number of amides is 1. The average molecular weight is 316 g/mol. The van der Waals surface area contributed by atoms with Gasteiger partial charge in [0, 0.05) is 38.3 Å². The van der Waals surface area contributed by atoms with Gasteiger partial charge in [-0.3, -0.25) is 9.69 Å². The summed E-state index contributed by atoms with van der Waals surface area (Å²) in [6.45, 7) is 3.28. The van der Waals surface area contributed by atoms with Gasteiger partial charge in [0.25, 0.3) is 5.91 Å². The minimum absolute atomic E-state index is 0.144. The van der Waals surface area contributed by atoms with Gasteiger partial charge in [-0.2, -0.15) is 0 Å². The number of carbonyl (C=O) groups excluding carboxylic acids is 1. The normalized spacial score (nSPS) is 15.7. The monoisotopic (exact) mass is 316 g/mol. The Balaban J connectivity index is 1.57. The third-order valence-electron chi connectivity index (χ3n) is 4.03. The molecule has 0 unspecified atom stereocenters. The fourth-order valence-corrected chi connectivity index (χ4v) is 2.81. The Kier molecular flexibility index (Phi) is 4.67. The molecule has 1 saturated heterocycles. The van der Waals surface area contributed by atoms with E-state index in [4.69, 9.17) is 0 Å². The van der Waals surface area contributed by atoms with Crippen LogP contribution in [0.4, 0.5) is 8.78 Å². The quantitative estimate of drug-likeness (QED) is 0.869. The number of halogens is 2. The van der Waals surface area contributed by atoms with Gasteiger partial charge in [0.2, 0.25) is 0 Å². The molecule has 2 aromatic rings. The van der Waals surface area contributed by atoms with Crippen LogP contribution in [-0.2, 0) is 6.54 Å². The minimum atomic E-state index is -0.402.